The first-order valence-corrected chi connectivity index (χ1v) is 11.0. The smallest absolute Gasteiger partial charge is 0.325 e. The van der Waals surface area contributed by atoms with Crippen molar-refractivity contribution in [3.8, 4) is 5.75 Å². The van der Waals surface area contributed by atoms with Crippen molar-refractivity contribution in [1.82, 2.24) is 15.1 Å². The van der Waals surface area contributed by atoms with Crippen LogP contribution in [0.5, 0.6) is 5.75 Å². The number of imide groups is 1. The summed E-state index contributed by atoms with van der Waals surface area (Å²) in [5, 5.41) is 3.01. The average Bonchev–Trinajstić information content (AvgIpc) is 3.17. The quantitative estimate of drug-likeness (QED) is 0.771. The van der Waals surface area contributed by atoms with E-state index in [0.29, 0.717) is 19.4 Å². The summed E-state index contributed by atoms with van der Waals surface area (Å²) in [5.41, 5.74) is 2.61. The normalized spacial score (nSPS) is 21.8. The van der Waals surface area contributed by atoms with Gasteiger partial charge in [-0.1, -0.05) is 42.5 Å². The van der Waals surface area contributed by atoms with Gasteiger partial charge in [-0.25, -0.2) is 4.79 Å². The van der Waals surface area contributed by atoms with Crippen molar-refractivity contribution in [1.29, 1.82) is 0 Å². The van der Waals surface area contributed by atoms with E-state index in [2.05, 4.69) is 42.3 Å². The van der Waals surface area contributed by atoms with Crippen LogP contribution in [0.2, 0.25) is 0 Å². The van der Waals surface area contributed by atoms with Crippen LogP contribution in [0.1, 0.15) is 43.4 Å². The van der Waals surface area contributed by atoms with Crippen molar-refractivity contribution in [2.45, 2.75) is 57.3 Å². The third kappa shape index (κ3) is 3.81. The maximum absolute atomic E-state index is 13.2. The van der Waals surface area contributed by atoms with E-state index in [1.54, 1.807) is 0 Å². The van der Waals surface area contributed by atoms with Gasteiger partial charge in [-0.3, -0.25) is 14.6 Å². The zero-order valence-electron chi connectivity index (χ0n) is 18.2. The van der Waals surface area contributed by atoms with Crippen LogP contribution in [0.3, 0.4) is 0 Å². The number of nitrogens with one attached hydrogen (secondary N) is 1. The Kier molecular flexibility index (Phi) is 4.77. The number of amides is 3. The van der Waals surface area contributed by atoms with E-state index in [1.807, 2.05) is 30.3 Å². The molecule has 2 aromatic carbocycles. The number of nitrogens with zero attached hydrogens (tertiary/aromatic N) is 2. The fourth-order valence-corrected chi connectivity index (χ4v) is 5.04. The lowest BCUT2D eigenvalue weighted by Gasteiger charge is -2.37. The molecular weight excluding hydrogens is 390 g/mol. The number of piperidine rings is 1. The number of rotatable bonds is 4. The minimum Gasteiger partial charge on any atom is -0.487 e. The van der Waals surface area contributed by atoms with Gasteiger partial charge < -0.3 is 10.1 Å². The van der Waals surface area contributed by atoms with Crippen LogP contribution >= 0.6 is 0 Å². The van der Waals surface area contributed by atoms with Gasteiger partial charge in [0.25, 0.3) is 5.91 Å². The average molecular weight is 420 g/mol. The monoisotopic (exact) mass is 419 g/mol. The number of fused-ring (bicyclic) bond motifs is 1. The van der Waals surface area contributed by atoms with Gasteiger partial charge in [0.15, 0.2) is 0 Å². The Labute approximate surface area is 183 Å². The van der Waals surface area contributed by atoms with Gasteiger partial charge in [0.05, 0.1) is 6.54 Å². The molecule has 6 nitrogen and oxygen atoms in total. The number of hydrogen-bond donors (Lipinski definition) is 1. The van der Waals surface area contributed by atoms with Crippen molar-refractivity contribution in [3.05, 3.63) is 65.2 Å². The molecule has 31 heavy (non-hydrogen) atoms. The molecule has 3 amide bonds. The molecule has 0 atom stereocenters. The molecular formula is C25H29N3O3. The highest BCUT2D eigenvalue weighted by Crippen LogP contribution is 2.36. The number of benzene rings is 2. The Morgan fingerprint density at radius 1 is 0.968 bits per heavy atom. The Hall–Kier alpha value is -2.86. The molecule has 6 heteroatoms. The van der Waals surface area contributed by atoms with E-state index in [-0.39, 0.29) is 17.5 Å². The van der Waals surface area contributed by atoms with Crippen molar-refractivity contribution >= 4 is 11.9 Å². The first-order valence-electron chi connectivity index (χ1n) is 11.0. The summed E-state index contributed by atoms with van der Waals surface area (Å²) in [6.07, 6.45) is 2.21. The summed E-state index contributed by atoms with van der Waals surface area (Å²) in [4.78, 5) is 29.5. The van der Waals surface area contributed by atoms with Crippen molar-refractivity contribution < 1.29 is 14.3 Å². The van der Waals surface area contributed by atoms with E-state index >= 15 is 0 Å². The molecule has 162 valence electrons. The maximum Gasteiger partial charge on any atom is 0.325 e. The maximum atomic E-state index is 13.2. The van der Waals surface area contributed by atoms with E-state index < -0.39 is 5.54 Å². The summed E-state index contributed by atoms with van der Waals surface area (Å²) >= 11 is 0. The van der Waals surface area contributed by atoms with Crippen LogP contribution < -0.4 is 10.1 Å². The molecule has 0 bridgehead atoms. The van der Waals surface area contributed by atoms with Crippen LogP contribution in [-0.4, -0.2) is 46.0 Å². The molecule has 2 aromatic rings. The Morgan fingerprint density at radius 3 is 2.45 bits per heavy atom. The van der Waals surface area contributed by atoms with E-state index in [1.165, 1.54) is 16.0 Å². The first-order chi connectivity index (χ1) is 14.8. The van der Waals surface area contributed by atoms with Crippen LogP contribution in [0.4, 0.5) is 4.79 Å². The van der Waals surface area contributed by atoms with Crippen molar-refractivity contribution in [3.63, 3.8) is 0 Å². The highest BCUT2D eigenvalue weighted by Gasteiger charge is 2.52. The Morgan fingerprint density at radius 2 is 1.71 bits per heavy atom. The fraction of sp³-hybridized carbons (Fsp3) is 0.440. The van der Waals surface area contributed by atoms with Gasteiger partial charge in [-0.2, -0.15) is 0 Å². The Balaban J connectivity index is 1.22. The molecule has 0 saturated carbocycles. The number of carbonyl (C=O) groups is 2. The predicted octanol–water partition coefficient (Wildman–Crippen LogP) is 3.49. The topological polar surface area (TPSA) is 61.9 Å². The third-order valence-corrected chi connectivity index (χ3v) is 6.67. The number of urea groups is 1. The molecule has 2 fully saturated rings. The number of ether oxygens (including phenoxy) is 1. The lowest BCUT2D eigenvalue weighted by Crippen LogP contribution is -2.54. The Bertz CT molecular complexity index is 1010. The molecule has 0 radical (unpaired) electrons. The van der Waals surface area contributed by atoms with Crippen molar-refractivity contribution in [2.24, 2.45) is 0 Å². The summed E-state index contributed by atoms with van der Waals surface area (Å²) in [5.74, 6) is 0.905. The summed E-state index contributed by atoms with van der Waals surface area (Å²) in [6, 6.07) is 15.8. The standard InChI is InChI=1S/C25H29N3O3/c1-24(2)15-20-14-19(8-9-21(20)31-24)16-27-12-10-25(11-13-27)22(29)28(23(30)26-25)17-18-6-4-3-5-7-18/h3-9,14H,10-13,15-17H2,1-2H3,(H,26,30). The highest BCUT2D eigenvalue weighted by molar-refractivity contribution is 6.07. The van der Waals surface area contributed by atoms with Gasteiger partial charge >= 0.3 is 6.03 Å². The number of carbonyl (C=O) groups excluding carboxylic acids is 2. The van der Waals surface area contributed by atoms with Crippen LogP contribution in [0.25, 0.3) is 0 Å². The molecule has 5 rings (SSSR count). The predicted molar refractivity (Wildman–Crippen MR) is 118 cm³/mol. The van der Waals surface area contributed by atoms with E-state index in [9.17, 15) is 9.59 Å². The molecule has 1 spiro atoms. The van der Waals surface area contributed by atoms with Gasteiger partial charge in [0.1, 0.15) is 16.9 Å². The molecule has 0 aromatic heterocycles. The second kappa shape index (κ2) is 7.38. The lowest BCUT2D eigenvalue weighted by molar-refractivity contribution is -0.133. The summed E-state index contributed by atoms with van der Waals surface area (Å²) in [6.45, 7) is 6.97. The minimum absolute atomic E-state index is 0.0853. The molecule has 1 N–H and O–H groups in total. The van der Waals surface area contributed by atoms with Crippen LogP contribution in [0, 0.1) is 0 Å². The largest absolute Gasteiger partial charge is 0.487 e. The third-order valence-electron chi connectivity index (χ3n) is 6.67. The van der Waals surface area contributed by atoms with Crippen LogP contribution in [0.15, 0.2) is 48.5 Å². The van der Waals surface area contributed by atoms with Crippen LogP contribution in [-0.2, 0) is 24.3 Å². The van der Waals surface area contributed by atoms with Gasteiger partial charge in [-0.15, -0.1) is 0 Å². The molecule has 3 heterocycles. The molecule has 2 saturated heterocycles. The van der Waals surface area contributed by atoms with E-state index in [0.717, 1.165) is 37.4 Å². The molecule has 0 unspecified atom stereocenters. The number of likely N-dealkylation sites (tertiary alicyclic amines) is 1. The summed E-state index contributed by atoms with van der Waals surface area (Å²) < 4.78 is 5.98. The second-order valence-corrected chi connectivity index (χ2v) is 9.65. The lowest BCUT2D eigenvalue weighted by atomic mass is 9.87. The highest BCUT2D eigenvalue weighted by atomic mass is 16.5. The zero-order valence-corrected chi connectivity index (χ0v) is 18.2. The SMILES string of the molecule is CC1(C)Cc2cc(CN3CCC4(CC3)NC(=O)N(Cc3ccccc3)C4=O)ccc2O1. The molecule has 3 aliphatic rings. The minimum atomic E-state index is -0.752. The van der Waals surface area contributed by atoms with Gasteiger partial charge in [-0.05, 0) is 49.4 Å². The number of hydrogen-bond acceptors (Lipinski definition) is 4. The van der Waals surface area contributed by atoms with E-state index in [4.69, 9.17) is 4.74 Å². The first kappa shape index (κ1) is 20.1. The van der Waals surface area contributed by atoms with Crippen molar-refractivity contribution in [2.75, 3.05) is 13.1 Å². The van der Waals surface area contributed by atoms with Gasteiger partial charge in [0.2, 0.25) is 0 Å². The molecule has 0 aliphatic carbocycles. The zero-order chi connectivity index (χ0) is 21.6. The fourth-order valence-electron chi connectivity index (χ4n) is 5.04. The van der Waals surface area contributed by atoms with Gasteiger partial charge in [0, 0.05) is 26.1 Å². The second-order valence-electron chi connectivity index (χ2n) is 9.65. The molecule has 3 aliphatic heterocycles. The summed E-state index contributed by atoms with van der Waals surface area (Å²) in [7, 11) is 0.